The lowest BCUT2D eigenvalue weighted by atomic mass is 9.98. The number of fused-ring (bicyclic) bond motifs is 1. The molecule has 0 aromatic heterocycles. The molecule has 0 saturated heterocycles. The summed E-state index contributed by atoms with van der Waals surface area (Å²) < 4.78 is 26.7. The van der Waals surface area contributed by atoms with Gasteiger partial charge in [0.1, 0.15) is 0 Å². The molecule has 1 aliphatic heterocycles. The Kier molecular flexibility index (Phi) is 4.27. The first kappa shape index (κ1) is 14.5. The Labute approximate surface area is 127 Å². The Morgan fingerprint density at radius 2 is 2.00 bits per heavy atom. The van der Waals surface area contributed by atoms with Crippen molar-refractivity contribution in [3.05, 3.63) is 65.2 Å². The van der Waals surface area contributed by atoms with Crippen LogP contribution >= 0.6 is 11.8 Å². The van der Waals surface area contributed by atoms with E-state index in [9.17, 15) is 8.78 Å². The lowest BCUT2D eigenvalue weighted by Crippen LogP contribution is -2.30. The van der Waals surface area contributed by atoms with Crippen LogP contribution in [0.25, 0.3) is 0 Å². The molecule has 0 radical (unpaired) electrons. The van der Waals surface area contributed by atoms with Gasteiger partial charge in [0.2, 0.25) is 0 Å². The van der Waals surface area contributed by atoms with Crippen LogP contribution in [0.15, 0.2) is 47.4 Å². The SMILES string of the molecule is CCNC(c1ccc(F)c(F)c1)C1Cc2ccccc2S1. The second-order valence-electron chi connectivity index (χ2n) is 5.18. The maximum atomic E-state index is 13.5. The monoisotopic (exact) mass is 305 g/mol. The van der Waals surface area contributed by atoms with E-state index in [0.29, 0.717) is 5.25 Å². The molecular weight excluding hydrogens is 288 g/mol. The van der Waals surface area contributed by atoms with E-state index < -0.39 is 11.6 Å². The van der Waals surface area contributed by atoms with Crippen LogP contribution in [-0.2, 0) is 6.42 Å². The Balaban J connectivity index is 1.87. The Morgan fingerprint density at radius 3 is 2.71 bits per heavy atom. The van der Waals surface area contributed by atoms with Crippen molar-refractivity contribution in [2.24, 2.45) is 0 Å². The first-order valence-electron chi connectivity index (χ1n) is 7.12. The summed E-state index contributed by atoms with van der Waals surface area (Å²) in [6, 6.07) is 12.5. The molecule has 0 amide bonds. The van der Waals surface area contributed by atoms with Crippen molar-refractivity contribution in [3.63, 3.8) is 0 Å². The zero-order valence-electron chi connectivity index (χ0n) is 11.8. The fourth-order valence-corrected chi connectivity index (χ4v) is 4.22. The van der Waals surface area contributed by atoms with Crippen LogP contribution in [0.1, 0.15) is 24.1 Å². The topological polar surface area (TPSA) is 12.0 Å². The van der Waals surface area contributed by atoms with Crippen molar-refractivity contribution < 1.29 is 8.78 Å². The molecule has 2 aromatic carbocycles. The molecular formula is C17H17F2NS. The van der Waals surface area contributed by atoms with Crippen LogP contribution in [0.3, 0.4) is 0 Å². The Hall–Kier alpha value is -1.39. The van der Waals surface area contributed by atoms with Gasteiger partial charge in [0.15, 0.2) is 11.6 Å². The maximum Gasteiger partial charge on any atom is 0.159 e. The molecule has 1 N–H and O–H groups in total. The van der Waals surface area contributed by atoms with Gasteiger partial charge in [-0.15, -0.1) is 11.8 Å². The normalized spacial score (nSPS) is 18.5. The van der Waals surface area contributed by atoms with Crippen LogP contribution in [0.5, 0.6) is 0 Å². The first-order chi connectivity index (χ1) is 10.2. The highest BCUT2D eigenvalue weighted by atomic mass is 32.2. The zero-order chi connectivity index (χ0) is 14.8. The molecule has 4 heteroatoms. The minimum atomic E-state index is -0.795. The zero-order valence-corrected chi connectivity index (χ0v) is 12.6. The van der Waals surface area contributed by atoms with Gasteiger partial charge in [0.25, 0.3) is 0 Å². The van der Waals surface area contributed by atoms with E-state index in [-0.39, 0.29) is 6.04 Å². The fraction of sp³-hybridized carbons (Fsp3) is 0.294. The van der Waals surface area contributed by atoms with E-state index in [1.807, 2.05) is 30.8 Å². The van der Waals surface area contributed by atoms with E-state index >= 15 is 0 Å². The molecule has 110 valence electrons. The summed E-state index contributed by atoms with van der Waals surface area (Å²) in [4.78, 5) is 1.29. The van der Waals surface area contributed by atoms with Crippen molar-refractivity contribution in [2.45, 2.75) is 29.5 Å². The molecule has 0 spiro atoms. The van der Waals surface area contributed by atoms with Gasteiger partial charge in [-0.2, -0.15) is 0 Å². The number of thioether (sulfide) groups is 1. The average Bonchev–Trinajstić information content (AvgIpc) is 2.91. The summed E-state index contributed by atoms with van der Waals surface area (Å²) in [5.41, 5.74) is 2.14. The molecule has 1 aliphatic rings. The van der Waals surface area contributed by atoms with Gasteiger partial charge in [0, 0.05) is 16.2 Å². The number of benzene rings is 2. The van der Waals surface area contributed by atoms with E-state index in [0.717, 1.165) is 18.5 Å². The van der Waals surface area contributed by atoms with Gasteiger partial charge in [-0.3, -0.25) is 0 Å². The minimum Gasteiger partial charge on any atom is -0.309 e. The largest absolute Gasteiger partial charge is 0.309 e. The predicted octanol–water partition coefficient (Wildman–Crippen LogP) is 4.33. The molecule has 0 saturated carbocycles. The van der Waals surface area contributed by atoms with Crippen LogP contribution in [0.2, 0.25) is 0 Å². The Morgan fingerprint density at radius 1 is 1.19 bits per heavy atom. The average molecular weight is 305 g/mol. The van der Waals surface area contributed by atoms with E-state index in [4.69, 9.17) is 0 Å². The third kappa shape index (κ3) is 2.97. The van der Waals surface area contributed by atoms with Crippen molar-refractivity contribution in [1.82, 2.24) is 5.32 Å². The highest BCUT2D eigenvalue weighted by Crippen LogP contribution is 2.42. The van der Waals surface area contributed by atoms with Crippen molar-refractivity contribution in [3.8, 4) is 0 Å². The minimum absolute atomic E-state index is 0.0162. The number of rotatable bonds is 4. The summed E-state index contributed by atoms with van der Waals surface area (Å²) in [6.45, 7) is 2.82. The van der Waals surface area contributed by atoms with Gasteiger partial charge >= 0.3 is 0 Å². The number of nitrogens with one attached hydrogen (secondary N) is 1. The van der Waals surface area contributed by atoms with Crippen molar-refractivity contribution in [1.29, 1.82) is 0 Å². The molecule has 21 heavy (non-hydrogen) atoms. The van der Waals surface area contributed by atoms with Gasteiger partial charge in [-0.25, -0.2) is 8.78 Å². The number of hydrogen-bond acceptors (Lipinski definition) is 2. The molecule has 2 atom stereocenters. The molecule has 2 aromatic rings. The standard InChI is InChI=1S/C17H17F2NS/c1-2-20-17(12-7-8-13(18)14(19)9-12)16-10-11-5-3-4-6-15(11)21-16/h3-9,16-17,20H,2,10H2,1H3. The highest BCUT2D eigenvalue weighted by molar-refractivity contribution is 8.00. The van der Waals surface area contributed by atoms with Gasteiger partial charge in [-0.1, -0.05) is 31.2 Å². The highest BCUT2D eigenvalue weighted by Gasteiger charge is 2.30. The quantitative estimate of drug-likeness (QED) is 0.902. The van der Waals surface area contributed by atoms with Crippen LogP contribution in [0, 0.1) is 11.6 Å². The van der Waals surface area contributed by atoms with Gasteiger partial charge in [-0.05, 0) is 42.3 Å². The lowest BCUT2D eigenvalue weighted by Gasteiger charge is -2.24. The van der Waals surface area contributed by atoms with Gasteiger partial charge in [0.05, 0.1) is 0 Å². The molecule has 2 unspecified atom stereocenters. The Bertz CT molecular complexity index is 619. The van der Waals surface area contributed by atoms with E-state index in [1.54, 1.807) is 6.07 Å². The summed E-state index contributed by atoms with van der Waals surface area (Å²) in [5, 5.41) is 3.71. The summed E-state index contributed by atoms with van der Waals surface area (Å²) in [5.74, 6) is -1.58. The predicted molar refractivity (Wildman–Crippen MR) is 82.6 cm³/mol. The third-order valence-corrected chi connectivity index (χ3v) is 5.16. The van der Waals surface area contributed by atoms with E-state index in [2.05, 4.69) is 17.4 Å². The molecule has 0 aliphatic carbocycles. The van der Waals surface area contributed by atoms with Crippen LogP contribution < -0.4 is 5.32 Å². The lowest BCUT2D eigenvalue weighted by molar-refractivity contribution is 0.493. The second kappa shape index (κ2) is 6.16. The van der Waals surface area contributed by atoms with E-state index in [1.165, 1.54) is 22.6 Å². The third-order valence-electron chi connectivity index (χ3n) is 3.77. The smallest absolute Gasteiger partial charge is 0.159 e. The van der Waals surface area contributed by atoms with Crippen molar-refractivity contribution >= 4 is 11.8 Å². The summed E-state index contributed by atoms with van der Waals surface area (Å²) in [6.07, 6.45) is 0.942. The molecule has 0 bridgehead atoms. The molecule has 1 nitrogen and oxygen atoms in total. The van der Waals surface area contributed by atoms with Crippen molar-refractivity contribution in [2.75, 3.05) is 6.54 Å². The van der Waals surface area contributed by atoms with Crippen LogP contribution in [0.4, 0.5) is 8.78 Å². The maximum absolute atomic E-state index is 13.5. The molecule has 1 heterocycles. The fourth-order valence-electron chi connectivity index (χ4n) is 2.78. The second-order valence-corrected chi connectivity index (χ2v) is 6.46. The first-order valence-corrected chi connectivity index (χ1v) is 8.00. The number of hydrogen-bond donors (Lipinski definition) is 1. The van der Waals surface area contributed by atoms with Gasteiger partial charge < -0.3 is 5.32 Å². The number of halogens is 2. The van der Waals surface area contributed by atoms with Crippen LogP contribution in [-0.4, -0.2) is 11.8 Å². The summed E-state index contributed by atoms with van der Waals surface area (Å²) >= 11 is 1.81. The summed E-state index contributed by atoms with van der Waals surface area (Å²) in [7, 11) is 0. The molecule has 0 fully saturated rings. The molecule has 3 rings (SSSR count).